The van der Waals surface area contributed by atoms with Gasteiger partial charge in [0, 0.05) is 10.9 Å². The predicted octanol–water partition coefficient (Wildman–Crippen LogP) is 4.18. The summed E-state index contributed by atoms with van der Waals surface area (Å²) in [5.74, 6) is 0.0634. The minimum Gasteiger partial charge on any atom is -0.246 e. The average molecular weight is 399 g/mol. The summed E-state index contributed by atoms with van der Waals surface area (Å²) < 4.78 is 29.3. The van der Waals surface area contributed by atoms with E-state index in [9.17, 15) is 8.42 Å². The summed E-state index contributed by atoms with van der Waals surface area (Å²) in [6.45, 7) is 6.00. The van der Waals surface area contributed by atoms with Crippen LogP contribution in [0.1, 0.15) is 16.7 Å². The fraction of sp³-hybridized carbons (Fsp3) is 0.158. The highest BCUT2D eigenvalue weighted by atomic mass is 32.2. The van der Waals surface area contributed by atoms with Crippen molar-refractivity contribution in [3.63, 3.8) is 0 Å². The Balaban J connectivity index is 1.71. The zero-order valence-electron chi connectivity index (χ0n) is 15.1. The Hall–Kier alpha value is -2.71. The van der Waals surface area contributed by atoms with Crippen LogP contribution in [0.4, 0.5) is 5.95 Å². The van der Waals surface area contributed by atoms with Crippen molar-refractivity contribution in [3.05, 3.63) is 64.5 Å². The van der Waals surface area contributed by atoms with Crippen molar-refractivity contribution in [2.75, 3.05) is 4.72 Å². The van der Waals surface area contributed by atoms with Crippen LogP contribution in [0, 0.1) is 20.8 Å². The van der Waals surface area contributed by atoms with E-state index in [2.05, 4.69) is 20.9 Å². The van der Waals surface area contributed by atoms with Crippen LogP contribution in [-0.4, -0.2) is 23.0 Å². The maximum absolute atomic E-state index is 12.6. The third kappa shape index (κ3) is 3.33. The maximum atomic E-state index is 12.6. The molecule has 27 heavy (non-hydrogen) atoms. The Morgan fingerprint density at radius 1 is 1.00 bits per heavy atom. The molecule has 2 heterocycles. The van der Waals surface area contributed by atoms with Gasteiger partial charge in [0.25, 0.3) is 16.0 Å². The zero-order valence-corrected chi connectivity index (χ0v) is 16.7. The summed E-state index contributed by atoms with van der Waals surface area (Å²) in [4.78, 5) is 5.13. The van der Waals surface area contributed by atoms with Gasteiger partial charge in [0.05, 0.1) is 10.6 Å². The van der Waals surface area contributed by atoms with Crippen molar-refractivity contribution in [1.82, 2.24) is 14.6 Å². The van der Waals surface area contributed by atoms with Gasteiger partial charge in [0.15, 0.2) is 0 Å². The van der Waals surface area contributed by atoms with Crippen LogP contribution in [0.2, 0.25) is 0 Å². The van der Waals surface area contributed by atoms with Gasteiger partial charge in [-0.1, -0.05) is 41.5 Å². The molecule has 1 N–H and O–H groups in total. The van der Waals surface area contributed by atoms with Gasteiger partial charge < -0.3 is 0 Å². The highest BCUT2D eigenvalue weighted by Crippen LogP contribution is 2.29. The quantitative estimate of drug-likeness (QED) is 0.559. The fourth-order valence-electron chi connectivity index (χ4n) is 2.91. The first-order valence-electron chi connectivity index (χ1n) is 8.35. The van der Waals surface area contributed by atoms with Gasteiger partial charge in [-0.05, 0) is 38.5 Å². The molecule has 0 radical (unpaired) electrons. The lowest BCUT2D eigenvalue weighted by Gasteiger charge is -2.06. The number of benzene rings is 2. The van der Waals surface area contributed by atoms with Crippen LogP contribution in [0.5, 0.6) is 0 Å². The third-order valence-electron chi connectivity index (χ3n) is 4.30. The molecule has 0 aliphatic heterocycles. The highest BCUT2D eigenvalue weighted by molar-refractivity contribution is 7.92. The fourth-order valence-corrected chi connectivity index (χ4v) is 4.67. The zero-order chi connectivity index (χ0) is 19.2. The lowest BCUT2D eigenvalue weighted by atomic mass is 10.0. The number of nitrogens with one attached hydrogen (secondary N) is 1. The molecule has 138 valence electrons. The number of aryl methyl sites for hydroxylation is 3. The Morgan fingerprint density at radius 3 is 2.41 bits per heavy atom. The first kappa shape index (κ1) is 17.7. The van der Waals surface area contributed by atoms with Gasteiger partial charge in [-0.2, -0.15) is 4.98 Å². The Bertz CT molecular complexity index is 1240. The van der Waals surface area contributed by atoms with Crippen molar-refractivity contribution in [2.24, 2.45) is 0 Å². The van der Waals surface area contributed by atoms with Crippen molar-refractivity contribution < 1.29 is 8.42 Å². The monoisotopic (exact) mass is 398 g/mol. The van der Waals surface area contributed by atoms with Crippen molar-refractivity contribution in [3.8, 4) is 11.3 Å². The van der Waals surface area contributed by atoms with Gasteiger partial charge >= 0.3 is 0 Å². The standard InChI is InChI=1S/C19H18N4O2S2/c1-12-4-7-15(8-5-12)27(24,25)22-18-20-19-23(21-18)17(11-26-19)16-9-6-13(2)10-14(16)3/h4-11H,1-3H3,(H,21,22). The van der Waals surface area contributed by atoms with Crippen LogP contribution >= 0.6 is 11.3 Å². The normalized spacial score (nSPS) is 11.8. The van der Waals surface area contributed by atoms with Crippen LogP contribution in [0.3, 0.4) is 0 Å². The second-order valence-electron chi connectivity index (χ2n) is 6.49. The van der Waals surface area contributed by atoms with Crippen LogP contribution < -0.4 is 4.72 Å². The number of anilines is 1. The number of aromatic nitrogens is 3. The number of nitrogens with zero attached hydrogens (tertiary/aromatic N) is 3. The molecule has 0 aliphatic rings. The number of thiazole rings is 1. The molecule has 0 atom stereocenters. The van der Waals surface area contributed by atoms with Crippen LogP contribution in [0.15, 0.2) is 52.7 Å². The molecular formula is C19H18N4O2S2. The second kappa shape index (κ2) is 6.47. The Labute approximate surface area is 161 Å². The topological polar surface area (TPSA) is 76.4 Å². The van der Waals surface area contributed by atoms with E-state index < -0.39 is 10.0 Å². The average Bonchev–Trinajstić information content (AvgIpc) is 3.15. The number of fused-ring (bicyclic) bond motifs is 1. The van der Waals surface area contributed by atoms with Gasteiger partial charge in [0.2, 0.25) is 4.96 Å². The van der Waals surface area contributed by atoms with Crippen LogP contribution in [0.25, 0.3) is 16.2 Å². The Kier molecular flexibility index (Phi) is 4.24. The van der Waals surface area contributed by atoms with E-state index in [-0.39, 0.29) is 10.8 Å². The number of hydrogen-bond acceptors (Lipinski definition) is 5. The smallest absolute Gasteiger partial charge is 0.246 e. The lowest BCUT2D eigenvalue weighted by Crippen LogP contribution is -2.14. The summed E-state index contributed by atoms with van der Waals surface area (Å²) in [6.07, 6.45) is 0. The van der Waals surface area contributed by atoms with Gasteiger partial charge in [-0.3, -0.25) is 0 Å². The minimum atomic E-state index is -3.73. The molecule has 0 unspecified atom stereocenters. The molecule has 4 rings (SSSR count). The van der Waals surface area contributed by atoms with E-state index in [1.165, 1.54) is 16.9 Å². The molecule has 0 amide bonds. The first-order chi connectivity index (χ1) is 12.8. The minimum absolute atomic E-state index is 0.0634. The van der Waals surface area contributed by atoms with Crippen molar-refractivity contribution in [2.45, 2.75) is 25.7 Å². The van der Waals surface area contributed by atoms with E-state index >= 15 is 0 Å². The number of rotatable bonds is 4. The summed E-state index contributed by atoms with van der Waals surface area (Å²) in [7, 11) is -3.73. The van der Waals surface area contributed by atoms with Crippen molar-refractivity contribution >= 4 is 32.3 Å². The number of sulfonamides is 1. The molecular weight excluding hydrogens is 380 g/mol. The maximum Gasteiger partial charge on any atom is 0.264 e. The molecule has 2 aromatic carbocycles. The van der Waals surface area contributed by atoms with Gasteiger partial charge in [0.1, 0.15) is 0 Å². The predicted molar refractivity (Wildman–Crippen MR) is 108 cm³/mol. The SMILES string of the molecule is Cc1ccc(S(=O)(=O)Nc2nc3scc(-c4ccc(C)cc4C)n3n2)cc1. The molecule has 0 aliphatic carbocycles. The summed E-state index contributed by atoms with van der Waals surface area (Å²) in [5, 5.41) is 6.34. The molecule has 2 aromatic heterocycles. The molecule has 8 heteroatoms. The molecule has 4 aromatic rings. The van der Waals surface area contributed by atoms with E-state index in [0.29, 0.717) is 4.96 Å². The molecule has 0 bridgehead atoms. The second-order valence-corrected chi connectivity index (χ2v) is 9.01. The van der Waals surface area contributed by atoms with Crippen LogP contribution in [-0.2, 0) is 10.0 Å². The molecule has 0 saturated carbocycles. The molecule has 0 fully saturated rings. The molecule has 6 nitrogen and oxygen atoms in total. The van der Waals surface area contributed by atoms with E-state index in [0.717, 1.165) is 22.4 Å². The van der Waals surface area contributed by atoms with Crippen molar-refractivity contribution in [1.29, 1.82) is 0 Å². The highest BCUT2D eigenvalue weighted by Gasteiger charge is 2.19. The summed E-state index contributed by atoms with van der Waals surface area (Å²) in [5.41, 5.74) is 5.25. The lowest BCUT2D eigenvalue weighted by molar-refractivity contribution is 0.601. The molecule has 0 spiro atoms. The largest absolute Gasteiger partial charge is 0.264 e. The number of hydrogen-bond donors (Lipinski definition) is 1. The van der Waals surface area contributed by atoms with E-state index in [1.54, 1.807) is 28.8 Å². The summed E-state index contributed by atoms with van der Waals surface area (Å²) in [6, 6.07) is 12.8. The van der Waals surface area contributed by atoms with Gasteiger partial charge in [-0.15, -0.1) is 16.4 Å². The van der Waals surface area contributed by atoms with E-state index in [1.807, 2.05) is 38.3 Å². The Morgan fingerprint density at radius 2 is 1.70 bits per heavy atom. The third-order valence-corrected chi connectivity index (χ3v) is 6.46. The summed E-state index contributed by atoms with van der Waals surface area (Å²) >= 11 is 1.42. The first-order valence-corrected chi connectivity index (χ1v) is 10.7. The van der Waals surface area contributed by atoms with Gasteiger partial charge in [-0.25, -0.2) is 17.7 Å². The van der Waals surface area contributed by atoms with E-state index in [4.69, 9.17) is 0 Å². The molecule has 0 saturated heterocycles.